The molecule has 15 heteroatoms. The fraction of sp³-hybridized carbons (Fsp3) is 0.250. The van der Waals surface area contributed by atoms with Crippen molar-refractivity contribution in [1.29, 1.82) is 0 Å². The van der Waals surface area contributed by atoms with Crippen LogP contribution in [0, 0.1) is 0 Å². The molecule has 4 aromatic rings. The van der Waals surface area contributed by atoms with Crippen LogP contribution < -0.4 is 16.1 Å². The summed E-state index contributed by atoms with van der Waals surface area (Å²) in [6.07, 6.45) is 0. The highest BCUT2D eigenvalue weighted by atomic mass is 35.5. The summed E-state index contributed by atoms with van der Waals surface area (Å²) in [5, 5.41) is 41.2. The van der Waals surface area contributed by atoms with Crippen LogP contribution in [0.5, 0.6) is 5.75 Å². The van der Waals surface area contributed by atoms with Gasteiger partial charge in [-0.1, -0.05) is 41.4 Å². The van der Waals surface area contributed by atoms with Crippen LogP contribution in [0.15, 0.2) is 65.1 Å². The Morgan fingerprint density at radius 3 is 2.19 bits per heavy atom. The minimum atomic E-state index is -0.504. The predicted octanol–water partition coefficient (Wildman–Crippen LogP) is 4.59. The van der Waals surface area contributed by atoms with Gasteiger partial charge < -0.3 is 26.0 Å². The summed E-state index contributed by atoms with van der Waals surface area (Å²) in [6, 6.07) is 15.0. The first-order valence-corrected chi connectivity index (χ1v) is 16.9. The molecule has 0 unspecified atom stereocenters. The largest absolute Gasteiger partial charge is 0.506 e. The quantitative estimate of drug-likeness (QED) is 0.0774. The van der Waals surface area contributed by atoms with E-state index < -0.39 is 5.91 Å². The van der Waals surface area contributed by atoms with Crippen LogP contribution in [0.25, 0.3) is 10.4 Å². The number of carbonyl (C=O) groups is 3. The van der Waals surface area contributed by atoms with Crippen molar-refractivity contribution in [2.75, 3.05) is 39.4 Å². The van der Waals surface area contributed by atoms with Crippen molar-refractivity contribution in [3.05, 3.63) is 96.5 Å². The number of amides is 3. The highest BCUT2D eigenvalue weighted by molar-refractivity contribution is 7.16. The number of hydrazone groups is 1. The molecule has 0 bridgehead atoms. The molecule has 11 nitrogen and oxygen atoms in total. The number of nitrogens with one attached hydrogen (secondary N) is 3. The van der Waals surface area contributed by atoms with E-state index in [4.69, 9.17) is 33.4 Å². The Morgan fingerprint density at radius 2 is 1.53 bits per heavy atom. The molecule has 0 aliphatic heterocycles. The van der Waals surface area contributed by atoms with Gasteiger partial charge in [0.25, 0.3) is 17.7 Å². The van der Waals surface area contributed by atoms with Gasteiger partial charge in [-0.2, -0.15) is 5.10 Å². The van der Waals surface area contributed by atoms with Crippen LogP contribution in [-0.2, 0) is 6.54 Å². The summed E-state index contributed by atoms with van der Waals surface area (Å²) in [6.45, 7) is 3.50. The van der Waals surface area contributed by atoms with Crippen molar-refractivity contribution in [3.63, 3.8) is 0 Å². The topological polar surface area (TPSA) is 164 Å². The molecular formula is C32H33Cl2N5O6S2. The molecule has 6 N–H and O–H groups in total. The number of thiophene rings is 2. The van der Waals surface area contributed by atoms with E-state index in [1.54, 1.807) is 60.8 Å². The Labute approximate surface area is 289 Å². The number of benzene rings is 2. The molecule has 4 rings (SSSR count). The van der Waals surface area contributed by atoms with E-state index in [0.29, 0.717) is 68.4 Å². The minimum absolute atomic E-state index is 0.00791. The molecule has 0 spiro atoms. The first kappa shape index (κ1) is 36.0. The second-order valence-electron chi connectivity index (χ2n) is 10.2. The fourth-order valence-corrected chi connectivity index (χ4v) is 6.49. The standard InChI is InChI=1S/C32H33Cl2N5O6S2/c1-19(23-18-46-29(28(23)42)22-6-7-24(33)25(34)16-22)37-38-32(45)27-9-8-26(47-27)31(44)36-17-20-2-4-21(5-3-20)30(43)35-10-11-39(12-14-40)13-15-41/h2-9,16,18,40-42H,10-15,17H2,1H3,(H,35,43)(H,36,44)(H,38,45)/b37-19+. The molecule has 2 aromatic heterocycles. The number of halogens is 2. The second kappa shape index (κ2) is 17.4. The SMILES string of the molecule is C/C(=N\NC(=O)c1ccc(C(=O)NCc2ccc(C(=O)NCCN(CCO)CCO)cc2)s1)c1csc(-c2ccc(Cl)c(Cl)c2)c1O. The lowest BCUT2D eigenvalue weighted by atomic mass is 10.1. The number of hydrogen-bond donors (Lipinski definition) is 6. The zero-order valence-electron chi connectivity index (χ0n) is 25.3. The molecule has 0 saturated heterocycles. The average Bonchev–Trinajstić information content (AvgIpc) is 3.72. The van der Waals surface area contributed by atoms with E-state index in [9.17, 15) is 19.5 Å². The van der Waals surface area contributed by atoms with Crippen LogP contribution in [0.1, 0.15) is 47.8 Å². The summed E-state index contributed by atoms with van der Waals surface area (Å²) >= 11 is 14.4. The summed E-state index contributed by atoms with van der Waals surface area (Å²) in [5.41, 5.74) is 5.26. The van der Waals surface area contributed by atoms with Gasteiger partial charge in [0.2, 0.25) is 0 Å². The van der Waals surface area contributed by atoms with E-state index >= 15 is 0 Å². The van der Waals surface area contributed by atoms with Crippen molar-refractivity contribution in [2.24, 2.45) is 5.10 Å². The van der Waals surface area contributed by atoms with Crippen LogP contribution in [0.2, 0.25) is 10.0 Å². The third-order valence-electron chi connectivity index (χ3n) is 6.93. The number of rotatable bonds is 15. The Kier molecular flexibility index (Phi) is 13.3. The zero-order valence-corrected chi connectivity index (χ0v) is 28.4. The predicted molar refractivity (Wildman–Crippen MR) is 186 cm³/mol. The third-order valence-corrected chi connectivity index (χ3v) is 9.77. The molecule has 0 saturated carbocycles. The van der Waals surface area contributed by atoms with E-state index in [-0.39, 0.29) is 42.2 Å². The molecule has 0 aliphatic carbocycles. The van der Waals surface area contributed by atoms with Gasteiger partial charge in [-0.25, -0.2) is 5.43 Å². The maximum Gasteiger partial charge on any atom is 0.281 e. The normalized spacial score (nSPS) is 11.5. The van der Waals surface area contributed by atoms with Crippen molar-refractivity contribution in [3.8, 4) is 16.2 Å². The maximum absolute atomic E-state index is 12.7. The highest BCUT2D eigenvalue weighted by Gasteiger charge is 2.17. The third kappa shape index (κ3) is 9.84. The van der Waals surface area contributed by atoms with Crippen molar-refractivity contribution in [1.82, 2.24) is 21.0 Å². The molecule has 0 radical (unpaired) electrons. The summed E-state index contributed by atoms with van der Waals surface area (Å²) < 4.78 is 0. The van der Waals surface area contributed by atoms with Gasteiger partial charge in [0.15, 0.2) is 0 Å². The number of aliphatic hydroxyl groups excluding tert-OH is 2. The van der Waals surface area contributed by atoms with Gasteiger partial charge in [-0.15, -0.1) is 22.7 Å². The fourth-order valence-electron chi connectivity index (χ4n) is 4.37. The summed E-state index contributed by atoms with van der Waals surface area (Å²) in [5.74, 6) is -1.11. The van der Waals surface area contributed by atoms with E-state index in [2.05, 4.69) is 21.2 Å². The average molecular weight is 719 g/mol. The lowest BCUT2D eigenvalue weighted by Crippen LogP contribution is -2.37. The Morgan fingerprint density at radius 1 is 0.851 bits per heavy atom. The number of carbonyl (C=O) groups excluding carboxylic acids is 3. The van der Waals surface area contributed by atoms with Gasteiger partial charge in [-0.05, 0) is 54.4 Å². The number of hydrogen-bond acceptors (Lipinski definition) is 10. The van der Waals surface area contributed by atoms with E-state index in [1.807, 2.05) is 4.90 Å². The smallest absolute Gasteiger partial charge is 0.281 e. The Bertz CT molecular complexity index is 1740. The lowest BCUT2D eigenvalue weighted by molar-refractivity contribution is 0.0937. The molecule has 47 heavy (non-hydrogen) atoms. The van der Waals surface area contributed by atoms with Gasteiger partial charge in [0.05, 0.1) is 49.2 Å². The van der Waals surface area contributed by atoms with Gasteiger partial charge >= 0.3 is 0 Å². The molecule has 0 atom stereocenters. The van der Waals surface area contributed by atoms with Crippen molar-refractivity contribution < 1.29 is 29.7 Å². The zero-order chi connectivity index (χ0) is 33.9. The number of aromatic hydroxyl groups is 1. The molecule has 2 heterocycles. The number of nitrogens with zero attached hydrogens (tertiary/aromatic N) is 2. The molecule has 0 fully saturated rings. The van der Waals surface area contributed by atoms with Crippen molar-refractivity contribution >= 4 is 69.3 Å². The molecule has 0 aliphatic rings. The van der Waals surface area contributed by atoms with E-state index in [1.165, 1.54) is 17.4 Å². The Balaban J connectivity index is 1.26. The first-order chi connectivity index (χ1) is 22.6. The van der Waals surface area contributed by atoms with Gasteiger partial charge in [0, 0.05) is 43.7 Å². The van der Waals surface area contributed by atoms with Gasteiger partial charge in [-0.3, -0.25) is 19.3 Å². The lowest BCUT2D eigenvalue weighted by Gasteiger charge is -2.20. The van der Waals surface area contributed by atoms with Crippen LogP contribution >= 0.6 is 45.9 Å². The Hall–Kier alpha value is -3.82. The van der Waals surface area contributed by atoms with Crippen LogP contribution in [-0.4, -0.2) is 83.0 Å². The van der Waals surface area contributed by atoms with Crippen molar-refractivity contribution in [2.45, 2.75) is 13.5 Å². The monoisotopic (exact) mass is 717 g/mol. The van der Waals surface area contributed by atoms with Gasteiger partial charge in [0.1, 0.15) is 5.75 Å². The van der Waals surface area contributed by atoms with Crippen LogP contribution in [0.3, 0.4) is 0 Å². The first-order valence-electron chi connectivity index (χ1n) is 14.4. The second-order valence-corrected chi connectivity index (χ2v) is 13.0. The molecule has 2 aromatic carbocycles. The van der Waals surface area contributed by atoms with E-state index in [0.717, 1.165) is 16.9 Å². The maximum atomic E-state index is 12.7. The molecule has 248 valence electrons. The molecule has 3 amide bonds. The minimum Gasteiger partial charge on any atom is -0.506 e. The summed E-state index contributed by atoms with van der Waals surface area (Å²) in [4.78, 5) is 41.0. The summed E-state index contributed by atoms with van der Waals surface area (Å²) in [7, 11) is 0. The highest BCUT2D eigenvalue weighted by Crippen LogP contribution is 2.40. The molecular weight excluding hydrogens is 685 g/mol. The number of aliphatic hydroxyl groups is 2. The van der Waals surface area contributed by atoms with Crippen LogP contribution in [0.4, 0.5) is 0 Å².